The Kier molecular flexibility index (Phi) is 32.3. The van der Waals surface area contributed by atoms with Crippen LogP contribution < -0.4 is 9.47 Å². The fraction of sp³-hybridized carbons (Fsp3) is 0.322. The summed E-state index contributed by atoms with van der Waals surface area (Å²) in [5.74, 6) is -3.49. The fourth-order valence-corrected chi connectivity index (χ4v) is 6.32. The molecule has 0 atom stereocenters. The Morgan fingerprint density at radius 1 is 0.418 bits per heavy atom. The van der Waals surface area contributed by atoms with E-state index in [9.17, 15) is 29.4 Å². The number of hydrogen-bond donors (Lipinski definition) is 2. The summed E-state index contributed by atoms with van der Waals surface area (Å²) in [6.07, 6.45) is 60.8. The number of rotatable bonds is 34. The Morgan fingerprint density at radius 3 is 1.12 bits per heavy atom. The Bertz CT molecular complexity index is 2000. The molecule has 8 heteroatoms. The van der Waals surface area contributed by atoms with Gasteiger partial charge in [-0.05, 0) is 62.1 Å². The lowest BCUT2D eigenvalue weighted by Gasteiger charge is -2.08. The van der Waals surface area contributed by atoms with E-state index in [4.69, 9.17) is 9.47 Å². The van der Waals surface area contributed by atoms with Crippen molar-refractivity contribution in [1.82, 2.24) is 0 Å². The zero-order chi connectivity index (χ0) is 48.4. The normalized spacial score (nSPS) is 12.7. The van der Waals surface area contributed by atoms with Gasteiger partial charge in [0.25, 0.3) is 0 Å². The molecular weight excluding hydrogens is 837 g/mol. The maximum atomic E-state index is 12.7. The summed E-state index contributed by atoms with van der Waals surface area (Å²) in [4.78, 5) is 50.5. The van der Waals surface area contributed by atoms with Crippen LogP contribution in [-0.2, 0) is 19.2 Å². The van der Waals surface area contributed by atoms with Crippen molar-refractivity contribution in [2.75, 3.05) is 0 Å². The zero-order valence-electron chi connectivity index (χ0n) is 39.7. The lowest BCUT2D eigenvalue weighted by Crippen LogP contribution is -2.06. The summed E-state index contributed by atoms with van der Waals surface area (Å²) in [5, 5.41) is 20.8. The summed E-state index contributed by atoms with van der Waals surface area (Å²) in [7, 11) is 0. The van der Waals surface area contributed by atoms with Gasteiger partial charge in [0.2, 0.25) is 0 Å². The lowest BCUT2D eigenvalue weighted by molar-refractivity contribution is -0.130. The summed E-state index contributed by atoms with van der Waals surface area (Å²) in [5.41, 5.74) is 0.494. The van der Waals surface area contributed by atoms with Gasteiger partial charge in [0.1, 0.15) is 0 Å². The Balaban J connectivity index is 1.82. The summed E-state index contributed by atoms with van der Waals surface area (Å²) >= 11 is 0. The van der Waals surface area contributed by atoms with Crippen molar-refractivity contribution in [3.63, 3.8) is 0 Å². The average molecular weight is 909 g/mol. The van der Waals surface area contributed by atoms with Crippen molar-refractivity contribution in [2.24, 2.45) is 0 Å². The molecule has 0 aliphatic carbocycles. The molecule has 67 heavy (non-hydrogen) atoms. The van der Waals surface area contributed by atoms with E-state index < -0.39 is 29.9 Å². The second-order valence-electron chi connectivity index (χ2n) is 15.7. The van der Waals surface area contributed by atoms with Crippen LogP contribution in [0.5, 0.6) is 23.0 Å². The predicted molar refractivity (Wildman–Crippen MR) is 277 cm³/mol. The molecule has 0 bridgehead atoms. The van der Waals surface area contributed by atoms with E-state index in [1.54, 1.807) is 36.4 Å². The number of allylic oxidation sites excluding steroid dienone is 20. The van der Waals surface area contributed by atoms with Gasteiger partial charge in [-0.25, -0.2) is 9.59 Å². The minimum atomic E-state index is -0.740. The van der Waals surface area contributed by atoms with Crippen molar-refractivity contribution in [3.05, 3.63) is 181 Å². The first-order valence-electron chi connectivity index (χ1n) is 23.9. The minimum absolute atomic E-state index is 0.143. The number of aromatic hydroxyl groups is 2. The van der Waals surface area contributed by atoms with E-state index in [0.29, 0.717) is 0 Å². The SMILES string of the molecule is CCCCCCCCC/C=C/C=C/C=C\C=C\C=C\C(=O)Oc1c(O)cccc1/C=C\C(=O)CC(=O)/C=C/c1cccc(O)c1OC(=O)/C=C/C=C/C=C/C=C/C=C/CCCCCCCCC. The molecular formula is C59H72O8. The number of unbranched alkanes of at least 4 members (excludes halogenated alkanes) is 14. The van der Waals surface area contributed by atoms with Crippen LogP contribution in [0.1, 0.15) is 134 Å². The van der Waals surface area contributed by atoms with Crippen LogP contribution in [0.2, 0.25) is 0 Å². The third-order valence-electron chi connectivity index (χ3n) is 9.94. The largest absolute Gasteiger partial charge is 0.504 e. The molecule has 2 aromatic carbocycles. The van der Waals surface area contributed by atoms with Crippen molar-refractivity contribution >= 4 is 35.7 Å². The van der Waals surface area contributed by atoms with Gasteiger partial charge in [0, 0.05) is 23.3 Å². The number of phenolic OH excluding ortho intramolecular Hbond substituents is 2. The molecule has 0 saturated heterocycles. The molecule has 8 nitrogen and oxygen atoms in total. The predicted octanol–water partition coefficient (Wildman–Crippen LogP) is 15.0. The van der Waals surface area contributed by atoms with E-state index in [1.807, 2.05) is 60.8 Å². The van der Waals surface area contributed by atoms with Gasteiger partial charge >= 0.3 is 11.9 Å². The number of carbonyl (C=O) groups is 4. The second-order valence-corrected chi connectivity index (χ2v) is 15.7. The first kappa shape index (κ1) is 56.3. The number of para-hydroxylation sites is 2. The standard InChI is InChI=1S/C59H72O8/c1-3-5-7-9-11-13-15-17-19-21-23-25-27-29-31-33-35-43-56(64)66-58-50(39-37-41-54(58)62)45-47-52(60)49-53(61)48-46-51-40-38-42-55(63)59(51)67-57(65)44-36-34-32-30-28-26-24-22-20-18-16-14-12-10-8-6-4-2/h19-48,62-63H,3-18,49H2,1-2H3/b21-19+,22-20+,25-23+,26-24+,29-27-,30-28+,33-31+,34-32+,43-35+,44-36+,47-45-,48-46+. The summed E-state index contributed by atoms with van der Waals surface area (Å²) in [6, 6.07) is 8.83. The van der Waals surface area contributed by atoms with E-state index in [1.165, 1.54) is 151 Å². The molecule has 0 unspecified atom stereocenters. The maximum Gasteiger partial charge on any atom is 0.336 e. The van der Waals surface area contributed by atoms with Crippen molar-refractivity contribution in [3.8, 4) is 23.0 Å². The van der Waals surface area contributed by atoms with Gasteiger partial charge in [0.05, 0.1) is 6.42 Å². The number of benzene rings is 2. The second kappa shape index (κ2) is 38.5. The number of carbonyl (C=O) groups excluding carboxylic acids is 4. The number of ketones is 2. The van der Waals surface area contributed by atoms with Gasteiger partial charge in [-0.3, -0.25) is 9.59 Å². The maximum absolute atomic E-state index is 12.7. The Labute approximate surface area is 400 Å². The van der Waals surface area contributed by atoms with Crippen molar-refractivity contribution < 1.29 is 38.9 Å². The third-order valence-corrected chi connectivity index (χ3v) is 9.94. The third kappa shape index (κ3) is 29.4. The fourth-order valence-electron chi connectivity index (χ4n) is 6.32. The van der Waals surface area contributed by atoms with Gasteiger partial charge in [0.15, 0.2) is 34.6 Å². The molecule has 0 saturated carbocycles. The van der Waals surface area contributed by atoms with Gasteiger partial charge in [-0.2, -0.15) is 0 Å². The van der Waals surface area contributed by atoms with Crippen LogP contribution in [0, 0.1) is 0 Å². The van der Waals surface area contributed by atoms with Crippen LogP contribution in [-0.4, -0.2) is 33.7 Å². The average Bonchev–Trinajstić information content (AvgIpc) is 3.31. The molecule has 2 N–H and O–H groups in total. The Morgan fingerprint density at radius 2 is 0.746 bits per heavy atom. The van der Waals surface area contributed by atoms with Gasteiger partial charge in [-0.15, -0.1) is 0 Å². The zero-order valence-corrected chi connectivity index (χ0v) is 39.7. The molecule has 0 aliphatic rings. The molecule has 0 aromatic heterocycles. The van der Waals surface area contributed by atoms with E-state index in [0.717, 1.165) is 25.0 Å². The molecule has 2 aromatic rings. The van der Waals surface area contributed by atoms with Crippen LogP contribution in [0.25, 0.3) is 12.2 Å². The number of hydrogen-bond acceptors (Lipinski definition) is 8. The molecule has 0 aliphatic heterocycles. The van der Waals surface area contributed by atoms with E-state index >= 15 is 0 Å². The molecule has 0 fully saturated rings. The van der Waals surface area contributed by atoms with Crippen LogP contribution >= 0.6 is 0 Å². The minimum Gasteiger partial charge on any atom is -0.504 e. The summed E-state index contributed by atoms with van der Waals surface area (Å²) in [6.45, 7) is 4.47. The highest BCUT2D eigenvalue weighted by Gasteiger charge is 2.13. The smallest absolute Gasteiger partial charge is 0.336 e. The number of esters is 2. The van der Waals surface area contributed by atoms with Crippen molar-refractivity contribution in [1.29, 1.82) is 0 Å². The highest BCUT2D eigenvalue weighted by Crippen LogP contribution is 2.32. The first-order chi connectivity index (χ1) is 32.7. The van der Waals surface area contributed by atoms with Gasteiger partial charge in [-0.1, -0.05) is 225 Å². The lowest BCUT2D eigenvalue weighted by atomic mass is 10.1. The van der Waals surface area contributed by atoms with E-state index in [2.05, 4.69) is 26.0 Å². The topological polar surface area (TPSA) is 127 Å². The molecule has 0 spiro atoms. The van der Waals surface area contributed by atoms with Gasteiger partial charge < -0.3 is 19.7 Å². The molecule has 0 amide bonds. The first-order valence-corrected chi connectivity index (χ1v) is 23.9. The molecule has 0 heterocycles. The van der Waals surface area contributed by atoms with E-state index in [-0.39, 0.29) is 34.1 Å². The van der Waals surface area contributed by atoms with Crippen molar-refractivity contribution in [2.45, 2.75) is 123 Å². The van der Waals surface area contributed by atoms with Crippen LogP contribution in [0.15, 0.2) is 170 Å². The molecule has 0 radical (unpaired) electrons. The Hall–Kier alpha value is -6.80. The summed E-state index contributed by atoms with van der Waals surface area (Å²) < 4.78 is 10.7. The highest BCUT2D eigenvalue weighted by molar-refractivity contribution is 6.11. The highest BCUT2D eigenvalue weighted by atomic mass is 16.5. The van der Waals surface area contributed by atoms with Crippen LogP contribution in [0.4, 0.5) is 0 Å². The monoisotopic (exact) mass is 909 g/mol. The molecule has 2 rings (SSSR count). The number of ether oxygens (including phenoxy) is 2. The van der Waals surface area contributed by atoms with Crippen LogP contribution in [0.3, 0.4) is 0 Å². The quantitative estimate of drug-likeness (QED) is 0.0177. The number of phenols is 2. The molecule has 356 valence electrons.